The fourth-order valence-electron chi connectivity index (χ4n) is 1.92. The Hall–Kier alpha value is -1.20. The van der Waals surface area contributed by atoms with Crippen LogP contribution in [0.25, 0.3) is 11.0 Å². The van der Waals surface area contributed by atoms with Gasteiger partial charge in [-0.05, 0) is 12.1 Å². The van der Waals surface area contributed by atoms with E-state index in [1.54, 1.807) is 17.8 Å². The second-order valence-corrected chi connectivity index (χ2v) is 5.13. The molecule has 1 aromatic carbocycles. The molecule has 1 aliphatic rings. The highest BCUT2D eigenvalue weighted by atomic mass is 35.5. The summed E-state index contributed by atoms with van der Waals surface area (Å²) in [5.41, 5.74) is 0.327. The van der Waals surface area contributed by atoms with E-state index < -0.39 is 11.1 Å². The van der Waals surface area contributed by atoms with Crippen LogP contribution in [0.2, 0.25) is 5.02 Å². The topological polar surface area (TPSA) is 54.9 Å². The monoisotopic (exact) mass is 254 g/mol. The first-order chi connectivity index (χ1) is 7.66. The Bertz CT molecular complexity index is 704. The summed E-state index contributed by atoms with van der Waals surface area (Å²) >= 11 is 7.59. The van der Waals surface area contributed by atoms with Crippen LogP contribution >= 0.6 is 23.4 Å². The van der Waals surface area contributed by atoms with Gasteiger partial charge in [-0.2, -0.15) is 0 Å². The molecular formula is C10H7ClN2O2S. The van der Waals surface area contributed by atoms with Crippen molar-refractivity contribution in [2.24, 2.45) is 0 Å². The molecule has 6 heteroatoms. The quantitative estimate of drug-likeness (QED) is 0.724. The van der Waals surface area contributed by atoms with E-state index in [2.05, 4.69) is 4.98 Å². The summed E-state index contributed by atoms with van der Waals surface area (Å²) in [4.78, 5) is 26.6. The van der Waals surface area contributed by atoms with Crippen molar-refractivity contribution in [2.75, 3.05) is 5.75 Å². The Kier molecular flexibility index (Phi) is 2.12. The summed E-state index contributed by atoms with van der Waals surface area (Å²) in [6.07, 6.45) is 0. The molecule has 0 amide bonds. The number of aromatic amines is 1. The van der Waals surface area contributed by atoms with Gasteiger partial charge in [-0.15, -0.1) is 11.8 Å². The molecule has 1 N–H and O–H groups in total. The van der Waals surface area contributed by atoms with E-state index in [0.717, 1.165) is 16.2 Å². The Balaban J connectivity index is 2.61. The number of hydrogen-bond donors (Lipinski definition) is 1. The Morgan fingerprint density at radius 1 is 1.38 bits per heavy atom. The Labute approximate surface area is 99.2 Å². The Morgan fingerprint density at radius 2 is 2.19 bits per heavy atom. The molecule has 0 atom stereocenters. The van der Waals surface area contributed by atoms with Crippen molar-refractivity contribution >= 4 is 34.4 Å². The predicted octanol–water partition coefficient (Wildman–Crippen LogP) is 1.45. The number of nitrogens with zero attached hydrogens (tertiary/aromatic N) is 1. The van der Waals surface area contributed by atoms with Crippen molar-refractivity contribution in [3.63, 3.8) is 0 Å². The third-order valence-electron chi connectivity index (χ3n) is 2.57. The predicted molar refractivity (Wildman–Crippen MR) is 64.6 cm³/mol. The van der Waals surface area contributed by atoms with Gasteiger partial charge in [0.2, 0.25) is 0 Å². The summed E-state index contributed by atoms with van der Waals surface area (Å²) in [7, 11) is 0. The number of nitrogens with one attached hydrogen (secondary N) is 1. The average molecular weight is 255 g/mol. The number of halogens is 1. The minimum Gasteiger partial charge on any atom is -0.316 e. The highest BCUT2D eigenvalue weighted by Crippen LogP contribution is 2.32. The maximum atomic E-state index is 11.7. The second kappa shape index (κ2) is 3.40. The molecule has 82 valence electrons. The third kappa shape index (κ3) is 1.32. The maximum Gasteiger partial charge on any atom is 0.316 e. The first-order valence-electron chi connectivity index (χ1n) is 4.76. The van der Waals surface area contributed by atoms with Gasteiger partial charge < -0.3 is 9.55 Å². The van der Waals surface area contributed by atoms with E-state index in [4.69, 9.17) is 11.6 Å². The first-order valence-corrected chi connectivity index (χ1v) is 6.12. The molecule has 4 nitrogen and oxygen atoms in total. The van der Waals surface area contributed by atoms with Gasteiger partial charge in [0.15, 0.2) is 0 Å². The molecule has 2 heterocycles. The number of rotatable bonds is 0. The van der Waals surface area contributed by atoms with E-state index in [0.29, 0.717) is 17.1 Å². The zero-order chi connectivity index (χ0) is 11.3. The van der Waals surface area contributed by atoms with E-state index in [1.807, 2.05) is 6.07 Å². The zero-order valence-corrected chi connectivity index (χ0v) is 9.69. The first kappa shape index (κ1) is 9.99. The highest BCUT2D eigenvalue weighted by Gasteiger charge is 2.16. The summed E-state index contributed by atoms with van der Waals surface area (Å²) in [6, 6.07) is 3.49. The molecule has 2 aromatic rings. The molecule has 0 unspecified atom stereocenters. The molecular weight excluding hydrogens is 248 g/mol. The van der Waals surface area contributed by atoms with Crippen LogP contribution in [0.5, 0.6) is 0 Å². The van der Waals surface area contributed by atoms with Gasteiger partial charge in [-0.25, -0.2) is 0 Å². The van der Waals surface area contributed by atoms with Gasteiger partial charge in [-0.3, -0.25) is 9.59 Å². The lowest BCUT2D eigenvalue weighted by atomic mass is 10.3. The largest absolute Gasteiger partial charge is 0.316 e. The van der Waals surface area contributed by atoms with Crippen molar-refractivity contribution < 1.29 is 0 Å². The minimum atomic E-state index is -0.590. The number of benzene rings is 1. The lowest BCUT2D eigenvalue weighted by Crippen LogP contribution is -2.37. The van der Waals surface area contributed by atoms with Crippen LogP contribution in [0, 0.1) is 0 Å². The van der Waals surface area contributed by atoms with Crippen LogP contribution in [0.3, 0.4) is 0 Å². The minimum absolute atomic E-state index is 0.489. The lowest BCUT2D eigenvalue weighted by Gasteiger charge is -2.18. The van der Waals surface area contributed by atoms with Crippen molar-refractivity contribution in [3.05, 3.63) is 37.9 Å². The fourth-order valence-corrected chi connectivity index (χ4v) is 3.26. The number of aryl methyl sites for hydroxylation is 1. The summed E-state index contributed by atoms with van der Waals surface area (Å²) in [5.74, 6) is 0.784. The zero-order valence-electron chi connectivity index (χ0n) is 8.12. The smallest absolute Gasteiger partial charge is 0.316 e. The molecule has 0 fully saturated rings. The normalized spacial score (nSPS) is 14.3. The van der Waals surface area contributed by atoms with Crippen LogP contribution in [0.15, 0.2) is 26.6 Å². The molecule has 0 bridgehead atoms. The third-order valence-corrected chi connectivity index (χ3v) is 3.80. The molecule has 0 radical (unpaired) electrons. The molecule has 0 saturated heterocycles. The van der Waals surface area contributed by atoms with Gasteiger partial charge >= 0.3 is 11.1 Å². The number of aromatic nitrogens is 2. The molecule has 0 spiro atoms. The fraction of sp³-hybridized carbons (Fsp3) is 0.200. The standard InChI is InChI=1S/C10H7ClN2O2S/c11-5-3-6-8-7(4-5)16-2-1-13(8)10(15)9(14)12-6/h3-4H,1-2H2,(H,12,14). The molecule has 1 aromatic heterocycles. The Morgan fingerprint density at radius 3 is 3.00 bits per heavy atom. The highest BCUT2D eigenvalue weighted by molar-refractivity contribution is 7.99. The summed E-state index contributed by atoms with van der Waals surface area (Å²) < 4.78 is 1.52. The molecule has 0 aliphatic carbocycles. The van der Waals surface area contributed by atoms with Crippen molar-refractivity contribution in [1.29, 1.82) is 0 Å². The van der Waals surface area contributed by atoms with Crippen molar-refractivity contribution in [3.8, 4) is 0 Å². The number of hydrogen-bond acceptors (Lipinski definition) is 3. The van der Waals surface area contributed by atoms with Gasteiger partial charge in [0, 0.05) is 22.2 Å². The molecule has 16 heavy (non-hydrogen) atoms. The SMILES string of the molecule is O=c1[nH]c2cc(Cl)cc3c2n(c1=O)CCS3. The van der Waals surface area contributed by atoms with E-state index in [9.17, 15) is 9.59 Å². The van der Waals surface area contributed by atoms with Crippen LogP contribution in [0.4, 0.5) is 0 Å². The van der Waals surface area contributed by atoms with Crippen molar-refractivity contribution in [1.82, 2.24) is 9.55 Å². The van der Waals surface area contributed by atoms with Gasteiger partial charge in [0.05, 0.1) is 11.0 Å². The van der Waals surface area contributed by atoms with E-state index in [-0.39, 0.29) is 0 Å². The van der Waals surface area contributed by atoms with Gasteiger partial charge in [0.1, 0.15) is 0 Å². The summed E-state index contributed by atoms with van der Waals surface area (Å²) in [5, 5.41) is 0.567. The van der Waals surface area contributed by atoms with Crippen LogP contribution in [-0.4, -0.2) is 15.3 Å². The molecule has 0 saturated carbocycles. The maximum absolute atomic E-state index is 11.7. The molecule has 1 aliphatic heterocycles. The number of thioether (sulfide) groups is 1. The lowest BCUT2D eigenvalue weighted by molar-refractivity contribution is 0.738. The molecule has 3 rings (SSSR count). The number of H-pyrrole nitrogens is 1. The average Bonchev–Trinajstić information content (AvgIpc) is 2.25. The van der Waals surface area contributed by atoms with E-state index >= 15 is 0 Å². The van der Waals surface area contributed by atoms with E-state index in [1.165, 1.54) is 4.57 Å². The van der Waals surface area contributed by atoms with Crippen LogP contribution < -0.4 is 11.1 Å². The van der Waals surface area contributed by atoms with Crippen molar-refractivity contribution in [2.45, 2.75) is 11.4 Å². The van der Waals surface area contributed by atoms with Crippen LogP contribution in [-0.2, 0) is 6.54 Å². The van der Waals surface area contributed by atoms with Gasteiger partial charge in [0.25, 0.3) is 0 Å². The second-order valence-electron chi connectivity index (χ2n) is 3.56. The summed E-state index contributed by atoms with van der Waals surface area (Å²) in [6.45, 7) is 0.568. The van der Waals surface area contributed by atoms with Gasteiger partial charge in [-0.1, -0.05) is 11.6 Å². The van der Waals surface area contributed by atoms with Crippen LogP contribution in [0.1, 0.15) is 0 Å².